The Morgan fingerprint density at radius 1 is 1.27 bits per heavy atom. The molecule has 0 aliphatic rings. The van der Waals surface area contributed by atoms with Crippen LogP contribution in [-0.4, -0.2) is 59.8 Å². The number of benzene rings is 1. The van der Waals surface area contributed by atoms with Gasteiger partial charge in [-0.1, -0.05) is 23.7 Å². The smallest absolute Gasteiger partial charge is 0.194 e. The first-order valence-electron chi connectivity index (χ1n) is 8.79. The van der Waals surface area contributed by atoms with Crippen molar-refractivity contribution in [3.8, 4) is 0 Å². The molecule has 2 aromatic rings. The van der Waals surface area contributed by atoms with Gasteiger partial charge in [0.2, 0.25) is 0 Å². The van der Waals surface area contributed by atoms with E-state index in [1.54, 1.807) is 0 Å². The van der Waals surface area contributed by atoms with E-state index < -0.39 is 0 Å². The molecule has 0 fully saturated rings. The Bertz CT molecular complexity index is 707. The summed E-state index contributed by atoms with van der Waals surface area (Å²) in [7, 11) is 8.11. The molecule has 0 aliphatic carbocycles. The molecule has 0 spiro atoms. The molecule has 1 atom stereocenters. The summed E-state index contributed by atoms with van der Waals surface area (Å²) in [4.78, 5) is 9.16. The van der Waals surface area contributed by atoms with Crippen LogP contribution in [0.2, 0.25) is 5.02 Å². The molecule has 0 radical (unpaired) electrons. The summed E-state index contributed by atoms with van der Waals surface area (Å²) < 4.78 is 1.82. The van der Waals surface area contributed by atoms with Gasteiger partial charge in [0.25, 0.3) is 0 Å². The molecule has 2 rings (SSSR count). The average molecular weight is 377 g/mol. The minimum Gasteiger partial charge on any atom is -0.357 e. The summed E-state index contributed by atoms with van der Waals surface area (Å²) in [6.45, 7) is 4.32. The molecule has 0 saturated heterocycles. The van der Waals surface area contributed by atoms with Gasteiger partial charge < -0.3 is 15.1 Å². The van der Waals surface area contributed by atoms with Gasteiger partial charge in [-0.25, -0.2) is 0 Å². The summed E-state index contributed by atoms with van der Waals surface area (Å²) in [6.07, 6.45) is 3.91. The van der Waals surface area contributed by atoms with E-state index in [4.69, 9.17) is 16.6 Å². The fraction of sp³-hybridized carbons (Fsp3) is 0.474. The van der Waals surface area contributed by atoms with Crippen LogP contribution in [0, 0.1) is 0 Å². The van der Waals surface area contributed by atoms with E-state index in [9.17, 15) is 0 Å². The van der Waals surface area contributed by atoms with Gasteiger partial charge >= 0.3 is 0 Å². The van der Waals surface area contributed by atoms with E-state index in [-0.39, 0.29) is 6.04 Å². The summed E-state index contributed by atoms with van der Waals surface area (Å²) in [5.41, 5.74) is 2.36. The van der Waals surface area contributed by atoms with Crippen LogP contribution in [0.15, 0.2) is 41.7 Å². The fourth-order valence-electron chi connectivity index (χ4n) is 2.80. The largest absolute Gasteiger partial charge is 0.357 e. The van der Waals surface area contributed by atoms with Crippen molar-refractivity contribution in [2.24, 2.45) is 12.0 Å². The summed E-state index contributed by atoms with van der Waals surface area (Å²) in [5.74, 6) is 0.886. The maximum atomic E-state index is 6.02. The van der Waals surface area contributed by atoms with Crippen molar-refractivity contribution < 1.29 is 0 Å². The summed E-state index contributed by atoms with van der Waals surface area (Å²) >= 11 is 6.02. The number of hydrogen-bond acceptors (Lipinski definition) is 3. The van der Waals surface area contributed by atoms with Crippen LogP contribution < -0.4 is 5.32 Å². The van der Waals surface area contributed by atoms with E-state index in [1.807, 2.05) is 43.3 Å². The fourth-order valence-corrected chi connectivity index (χ4v) is 2.92. The third-order valence-electron chi connectivity index (χ3n) is 4.17. The van der Waals surface area contributed by atoms with Gasteiger partial charge in [0.1, 0.15) is 0 Å². The molecule has 26 heavy (non-hydrogen) atoms. The van der Waals surface area contributed by atoms with E-state index in [2.05, 4.69) is 53.4 Å². The molecular weight excluding hydrogens is 348 g/mol. The quantitative estimate of drug-likeness (QED) is 0.596. The Labute approximate surface area is 161 Å². The highest BCUT2D eigenvalue weighted by molar-refractivity contribution is 6.30. The SMILES string of the molecule is CCNC(=NCC(c1ccc(Cl)cc1)N(C)C)N(C)Cc1cnn(C)c1. The highest BCUT2D eigenvalue weighted by Gasteiger charge is 2.15. The maximum absolute atomic E-state index is 6.02. The Hall–Kier alpha value is -2.05. The first-order chi connectivity index (χ1) is 12.4. The van der Waals surface area contributed by atoms with E-state index in [0.717, 1.165) is 29.6 Å². The lowest BCUT2D eigenvalue weighted by Gasteiger charge is -2.26. The van der Waals surface area contributed by atoms with E-state index >= 15 is 0 Å². The van der Waals surface area contributed by atoms with Crippen molar-refractivity contribution in [3.05, 3.63) is 52.8 Å². The van der Waals surface area contributed by atoms with Crippen molar-refractivity contribution in [2.45, 2.75) is 19.5 Å². The van der Waals surface area contributed by atoms with Crippen LogP contribution in [0.1, 0.15) is 24.1 Å². The highest BCUT2D eigenvalue weighted by atomic mass is 35.5. The second kappa shape index (κ2) is 9.59. The second-order valence-corrected chi connectivity index (χ2v) is 7.04. The lowest BCUT2D eigenvalue weighted by molar-refractivity contribution is 0.305. The number of hydrogen-bond donors (Lipinski definition) is 1. The number of guanidine groups is 1. The standard InChI is InChI=1S/C19H29ClN6/c1-6-21-19(25(4)13-15-11-23-26(5)14-15)22-12-18(24(2)3)16-7-9-17(20)10-8-16/h7-11,14,18H,6,12-13H2,1-5H3,(H,21,22). The van der Waals surface area contributed by atoms with Crippen LogP contribution >= 0.6 is 11.6 Å². The van der Waals surface area contributed by atoms with Gasteiger partial charge in [-0.05, 0) is 38.7 Å². The number of aromatic nitrogens is 2. The first kappa shape index (κ1) is 20.3. The van der Waals surface area contributed by atoms with Crippen molar-refractivity contribution >= 4 is 17.6 Å². The number of aryl methyl sites for hydroxylation is 1. The van der Waals surface area contributed by atoms with E-state index in [0.29, 0.717) is 6.54 Å². The molecule has 1 N–H and O–H groups in total. The molecule has 0 aliphatic heterocycles. The van der Waals surface area contributed by atoms with Crippen molar-refractivity contribution in [1.82, 2.24) is 24.9 Å². The zero-order valence-corrected chi connectivity index (χ0v) is 17.0. The summed E-state index contributed by atoms with van der Waals surface area (Å²) in [5, 5.41) is 8.35. The monoisotopic (exact) mass is 376 g/mol. The van der Waals surface area contributed by atoms with Crippen molar-refractivity contribution in [2.75, 3.05) is 34.2 Å². The maximum Gasteiger partial charge on any atom is 0.194 e. The lowest BCUT2D eigenvalue weighted by Crippen LogP contribution is -2.39. The van der Waals surface area contributed by atoms with Crippen LogP contribution in [0.25, 0.3) is 0 Å². The number of halogens is 1. The molecule has 0 amide bonds. The normalized spacial score (nSPS) is 13.1. The third-order valence-corrected chi connectivity index (χ3v) is 4.42. The van der Waals surface area contributed by atoms with E-state index in [1.165, 1.54) is 5.56 Å². The molecule has 1 unspecified atom stereocenters. The minimum absolute atomic E-state index is 0.188. The first-order valence-corrected chi connectivity index (χ1v) is 9.17. The van der Waals surface area contributed by atoms with Gasteiger partial charge in [-0.2, -0.15) is 5.10 Å². The number of nitrogens with zero attached hydrogens (tertiary/aromatic N) is 5. The summed E-state index contributed by atoms with van der Waals surface area (Å²) in [6, 6.07) is 8.17. The predicted octanol–water partition coefficient (Wildman–Crippen LogP) is 2.77. The molecule has 1 aromatic carbocycles. The Balaban J connectivity index is 2.13. The van der Waals surface area contributed by atoms with Crippen molar-refractivity contribution in [3.63, 3.8) is 0 Å². The van der Waals surface area contributed by atoms with Gasteiger partial charge in [-0.3, -0.25) is 9.67 Å². The average Bonchev–Trinajstić information content (AvgIpc) is 3.00. The Kier molecular flexibility index (Phi) is 7.48. The molecule has 1 aromatic heterocycles. The van der Waals surface area contributed by atoms with Crippen LogP contribution in [0.5, 0.6) is 0 Å². The van der Waals surface area contributed by atoms with Gasteiger partial charge in [0, 0.05) is 44.0 Å². The number of likely N-dealkylation sites (N-methyl/N-ethyl adjacent to an activating group) is 1. The Morgan fingerprint density at radius 2 is 1.96 bits per heavy atom. The predicted molar refractivity (Wildman–Crippen MR) is 109 cm³/mol. The van der Waals surface area contributed by atoms with Crippen LogP contribution in [0.4, 0.5) is 0 Å². The van der Waals surface area contributed by atoms with Crippen molar-refractivity contribution in [1.29, 1.82) is 0 Å². The third kappa shape index (κ3) is 5.75. The molecule has 0 saturated carbocycles. The highest BCUT2D eigenvalue weighted by Crippen LogP contribution is 2.21. The Morgan fingerprint density at radius 3 is 2.50 bits per heavy atom. The number of rotatable bonds is 7. The molecule has 7 heteroatoms. The lowest BCUT2D eigenvalue weighted by atomic mass is 10.1. The zero-order chi connectivity index (χ0) is 19.1. The van der Waals surface area contributed by atoms with Crippen LogP contribution in [0.3, 0.4) is 0 Å². The van der Waals surface area contributed by atoms with Gasteiger partial charge in [0.15, 0.2) is 5.96 Å². The number of nitrogens with one attached hydrogen (secondary N) is 1. The zero-order valence-electron chi connectivity index (χ0n) is 16.3. The topological polar surface area (TPSA) is 48.7 Å². The molecular formula is C19H29ClN6. The minimum atomic E-state index is 0.188. The molecule has 1 heterocycles. The molecule has 6 nitrogen and oxygen atoms in total. The second-order valence-electron chi connectivity index (χ2n) is 6.60. The van der Waals surface area contributed by atoms with Crippen LogP contribution in [-0.2, 0) is 13.6 Å². The number of aliphatic imine (C=N–C) groups is 1. The molecule has 0 bridgehead atoms. The van der Waals surface area contributed by atoms with Gasteiger partial charge in [0.05, 0.1) is 18.8 Å². The molecule has 142 valence electrons. The van der Waals surface area contributed by atoms with Gasteiger partial charge in [-0.15, -0.1) is 0 Å².